The van der Waals surface area contributed by atoms with Crippen molar-refractivity contribution in [3.05, 3.63) is 5.69 Å². The molecule has 0 fully saturated rings. The van der Waals surface area contributed by atoms with Crippen LogP contribution in [0.4, 0.5) is 5.95 Å². The third-order valence-electron chi connectivity index (χ3n) is 3.32. The van der Waals surface area contributed by atoms with Gasteiger partial charge in [0.05, 0.1) is 5.69 Å². The highest BCUT2D eigenvalue weighted by Crippen LogP contribution is 2.22. The van der Waals surface area contributed by atoms with Gasteiger partial charge in [0.1, 0.15) is 5.52 Å². The van der Waals surface area contributed by atoms with E-state index in [0.717, 1.165) is 36.4 Å². The molecule has 0 aliphatic heterocycles. The molecule has 0 saturated carbocycles. The third kappa shape index (κ3) is 1.90. The summed E-state index contributed by atoms with van der Waals surface area (Å²) in [4.78, 5) is 4.43. The standard InChI is InChI=1S/C12H21N5/c1-5-8(3)7-16-11-10(14-12(16)13)9(4)15-17(11)6-2/h8H,5-7H2,1-4H3,(H2,13,14). The number of rotatable bonds is 4. The van der Waals surface area contributed by atoms with Gasteiger partial charge in [-0.25, -0.2) is 9.67 Å². The number of hydrogen-bond acceptors (Lipinski definition) is 3. The minimum absolute atomic E-state index is 0.593. The molecule has 0 aliphatic rings. The van der Waals surface area contributed by atoms with Crippen molar-refractivity contribution in [1.82, 2.24) is 19.3 Å². The molecule has 2 heterocycles. The highest BCUT2D eigenvalue weighted by molar-refractivity contribution is 5.77. The molecule has 0 aromatic carbocycles. The summed E-state index contributed by atoms with van der Waals surface area (Å²) in [5.41, 5.74) is 8.95. The van der Waals surface area contributed by atoms with E-state index in [9.17, 15) is 0 Å². The van der Waals surface area contributed by atoms with Crippen LogP contribution >= 0.6 is 0 Å². The molecular weight excluding hydrogens is 214 g/mol. The zero-order valence-electron chi connectivity index (χ0n) is 11.1. The Morgan fingerprint density at radius 1 is 1.35 bits per heavy atom. The number of aromatic nitrogens is 4. The molecule has 0 radical (unpaired) electrons. The average Bonchev–Trinajstić information content (AvgIpc) is 2.78. The molecule has 5 heteroatoms. The maximum atomic E-state index is 6.00. The van der Waals surface area contributed by atoms with E-state index in [4.69, 9.17) is 5.73 Å². The maximum absolute atomic E-state index is 6.00. The highest BCUT2D eigenvalue weighted by atomic mass is 15.4. The minimum atomic E-state index is 0.593. The van der Waals surface area contributed by atoms with Gasteiger partial charge in [-0.15, -0.1) is 0 Å². The zero-order valence-corrected chi connectivity index (χ0v) is 11.1. The molecule has 0 aliphatic carbocycles. The van der Waals surface area contributed by atoms with E-state index in [1.807, 2.05) is 11.6 Å². The lowest BCUT2D eigenvalue weighted by molar-refractivity contribution is 0.472. The molecule has 0 saturated heterocycles. The largest absolute Gasteiger partial charge is 0.369 e. The predicted molar refractivity (Wildman–Crippen MR) is 69.8 cm³/mol. The molecule has 2 aromatic rings. The molecule has 17 heavy (non-hydrogen) atoms. The normalized spacial score (nSPS) is 13.4. The second-order valence-electron chi connectivity index (χ2n) is 4.67. The summed E-state index contributed by atoms with van der Waals surface area (Å²) in [6.07, 6.45) is 1.14. The average molecular weight is 235 g/mol. The number of aryl methyl sites for hydroxylation is 2. The van der Waals surface area contributed by atoms with Crippen LogP contribution in [0.15, 0.2) is 0 Å². The number of hydrogen-bond donors (Lipinski definition) is 1. The van der Waals surface area contributed by atoms with Crippen molar-refractivity contribution in [1.29, 1.82) is 0 Å². The molecule has 0 bridgehead atoms. The summed E-state index contributed by atoms with van der Waals surface area (Å²) < 4.78 is 4.07. The fourth-order valence-corrected chi connectivity index (χ4v) is 2.08. The van der Waals surface area contributed by atoms with Gasteiger partial charge in [0.15, 0.2) is 5.65 Å². The van der Waals surface area contributed by atoms with Crippen molar-refractivity contribution in [2.45, 2.75) is 47.2 Å². The first-order valence-corrected chi connectivity index (χ1v) is 6.27. The van der Waals surface area contributed by atoms with Gasteiger partial charge in [-0.3, -0.25) is 4.57 Å². The predicted octanol–water partition coefficient (Wildman–Crippen LogP) is 2.19. The molecule has 5 nitrogen and oxygen atoms in total. The van der Waals surface area contributed by atoms with Crippen molar-refractivity contribution in [3.8, 4) is 0 Å². The van der Waals surface area contributed by atoms with Gasteiger partial charge in [0, 0.05) is 13.1 Å². The monoisotopic (exact) mass is 235 g/mol. The van der Waals surface area contributed by atoms with Gasteiger partial charge in [-0.1, -0.05) is 20.3 Å². The number of fused-ring (bicyclic) bond motifs is 1. The van der Waals surface area contributed by atoms with E-state index < -0.39 is 0 Å². The van der Waals surface area contributed by atoms with Crippen LogP contribution in [0.3, 0.4) is 0 Å². The van der Waals surface area contributed by atoms with Crippen LogP contribution in [-0.4, -0.2) is 19.3 Å². The van der Waals surface area contributed by atoms with E-state index in [-0.39, 0.29) is 0 Å². The number of nitrogens with zero attached hydrogens (tertiary/aromatic N) is 4. The Labute approximate surface area is 102 Å². The molecule has 2 N–H and O–H groups in total. The fourth-order valence-electron chi connectivity index (χ4n) is 2.08. The molecule has 2 rings (SSSR count). The Bertz CT molecular complexity index is 522. The number of nitrogens with two attached hydrogens (primary N) is 1. The van der Waals surface area contributed by atoms with Gasteiger partial charge >= 0.3 is 0 Å². The van der Waals surface area contributed by atoms with Gasteiger partial charge in [-0.05, 0) is 19.8 Å². The molecule has 2 aromatic heterocycles. The Balaban J connectivity index is 2.56. The summed E-state index contributed by atoms with van der Waals surface area (Å²) in [6.45, 7) is 10.2. The SMILES string of the molecule is CCC(C)Cn1c(N)nc2c(C)nn(CC)c21. The number of nitrogen functional groups attached to an aromatic ring is 1. The minimum Gasteiger partial charge on any atom is -0.369 e. The molecular formula is C12H21N5. The quantitative estimate of drug-likeness (QED) is 0.883. The van der Waals surface area contributed by atoms with Gasteiger partial charge in [0.2, 0.25) is 5.95 Å². The van der Waals surface area contributed by atoms with Gasteiger partial charge < -0.3 is 5.73 Å². The van der Waals surface area contributed by atoms with Crippen LogP contribution in [0.5, 0.6) is 0 Å². The fraction of sp³-hybridized carbons (Fsp3) is 0.667. The third-order valence-corrected chi connectivity index (χ3v) is 3.32. The first-order chi connectivity index (χ1) is 8.08. The lowest BCUT2D eigenvalue weighted by Crippen LogP contribution is -2.12. The second kappa shape index (κ2) is 4.39. The molecule has 0 amide bonds. The summed E-state index contributed by atoms with van der Waals surface area (Å²) in [6, 6.07) is 0. The Kier molecular flexibility index (Phi) is 3.09. The Hall–Kier alpha value is -1.52. The van der Waals surface area contributed by atoms with Gasteiger partial charge in [-0.2, -0.15) is 5.10 Å². The summed E-state index contributed by atoms with van der Waals surface area (Å²) in [7, 11) is 0. The zero-order chi connectivity index (χ0) is 12.6. The van der Waals surface area contributed by atoms with Crippen molar-refractivity contribution in [2.75, 3.05) is 5.73 Å². The van der Waals surface area contributed by atoms with Crippen molar-refractivity contribution < 1.29 is 0 Å². The van der Waals surface area contributed by atoms with Crippen LogP contribution in [0.2, 0.25) is 0 Å². The van der Waals surface area contributed by atoms with Crippen molar-refractivity contribution in [2.24, 2.45) is 5.92 Å². The Morgan fingerprint density at radius 2 is 2.06 bits per heavy atom. The first kappa shape index (κ1) is 12.0. The van der Waals surface area contributed by atoms with Crippen LogP contribution in [0.1, 0.15) is 32.9 Å². The molecule has 0 spiro atoms. The highest BCUT2D eigenvalue weighted by Gasteiger charge is 2.17. The maximum Gasteiger partial charge on any atom is 0.202 e. The Morgan fingerprint density at radius 3 is 2.65 bits per heavy atom. The summed E-state index contributed by atoms with van der Waals surface area (Å²) in [5, 5.41) is 4.48. The van der Waals surface area contributed by atoms with Crippen molar-refractivity contribution >= 4 is 17.1 Å². The lowest BCUT2D eigenvalue weighted by Gasteiger charge is -2.12. The van der Waals surface area contributed by atoms with E-state index in [0.29, 0.717) is 11.9 Å². The number of imidazole rings is 1. The molecule has 94 valence electrons. The lowest BCUT2D eigenvalue weighted by atomic mass is 10.1. The van der Waals surface area contributed by atoms with Gasteiger partial charge in [0.25, 0.3) is 0 Å². The van der Waals surface area contributed by atoms with Crippen LogP contribution in [-0.2, 0) is 13.1 Å². The van der Waals surface area contributed by atoms with E-state index in [1.165, 1.54) is 0 Å². The van der Waals surface area contributed by atoms with E-state index >= 15 is 0 Å². The topological polar surface area (TPSA) is 61.7 Å². The smallest absolute Gasteiger partial charge is 0.202 e. The van der Waals surface area contributed by atoms with Crippen LogP contribution in [0.25, 0.3) is 11.2 Å². The second-order valence-corrected chi connectivity index (χ2v) is 4.67. The summed E-state index contributed by atoms with van der Waals surface area (Å²) >= 11 is 0. The first-order valence-electron chi connectivity index (χ1n) is 6.27. The number of anilines is 1. The molecule has 1 atom stereocenters. The van der Waals surface area contributed by atoms with Crippen LogP contribution < -0.4 is 5.73 Å². The van der Waals surface area contributed by atoms with Crippen molar-refractivity contribution in [3.63, 3.8) is 0 Å². The molecule has 1 unspecified atom stereocenters. The van der Waals surface area contributed by atoms with Crippen LogP contribution in [0, 0.1) is 12.8 Å². The van der Waals surface area contributed by atoms with E-state index in [2.05, 4.69) is 35.4 Å². The van der Waals surface area contributed by atoms with E-state index in [1.54, 1.807) is 0 Å². The summed E-state index contributed by atoms with van der Waals surface area (Å²) in [5.74, 6) is 1.19.